The van der Waals surface area contributed by atoms with Gasteiger partial charge in [-0.3, -0.25) is 4.79 Å². The number of aliphatic hydroxyl groups is 1. The lowest BCUT2D eigenvalue weighted by atomic mass is 10.1. The number of aliphatic hydroxyl groups excluding tert-OH is 1. The van der Waals surface area contributed by atoms with E-state index in [2.05, 4.69) is 22.8 Å². The number of aryl methyl sites for hydroxylation is 3. The minimum absolute atomic E-state index is 0.0101. The number of carbonyl (C=O) groups excluding carboxylic acids is 1. The van der Waals surface area contributed by atoms with E-state index in [0.717, 1.165) is 12.8 Å². The van der Waals surface area contributed by atoms with Gasteiger partial charge in [-0.15, -0.1) is 0 Å². The van der Waals surface area contributed by atoms with Crippen LogP contribution >= 0.6 is 0 Å². The molecule has 1 aliphatic heterocycles. The largest absolute Gasteiger partial charge is 0.427 e. The Morgan fingerprint density at radius 2 is 2.04 bits per heavy atom. The van der Waals surface area contributed by atoms with Crippen molar-refractivity contribution in [2.45, 2.75) is 38.3 Å². The average molecular weight is 356 g/mol. The van der Waals surface area contributed by atoms with Crippen LogP contribution in [0.3, 0.4) is 0 Å². The van der Waals surface area contributed by atoms with Crippen LogP contribution < -0.4 is 16.3 Å². The number of benzene rings is 1. The fraction of sp³-hybridized carbons (Fsp3) is 0.400. The van der Waals surface area contributed by atoms with Crippen LogP contribution in [0.5, 0.6) is 0 Å². The predicted octanol–water partition coefficient (Wildman–Crippen LogP) is 1.19. The smallest absolute Gasteiger partial charge is 0.349 e. The summed E-state index contributed by atoms with van der Waals surface area (Å²) in [4.78, 5) is 24.7. The lowest BCUT2D eigenvalue weighted by molar-refractivity contribution is 0.0883. The molecule has 0 unspecified atom stereocenters. The maximum Gasteiger partial charge on any atom is 0.349 e. The summed E-state index contributed by atoms with van der Waals surface area (Å²) in [6.07, 6.45) is 1.75. The molecule has 1 fully saturated rings. The fourth-order valence-corrected chi connectivity index (χ4v) is 3.23. The highest BCUT2D eigenvalue weighted by Crippen LogP contribution is 2.12. The van der Waals surface area contributed by atoms with E-state index in [1.807, 2.05) is 18.2 Å². The molecule has 6 heteroatoms. The van der Waals surface area contributed by atoms with E-state index in [1.54, 1.807) is 13.0 Å². The third-order valence-corrected chi connectivity index (χ3v) is 4.66. The van der Waals surface area contributed by atoms with Crippen LogP contribution in [0.2, 0.25) is 0 Å². The molecule has 6 nitrogen and oxygen atoms in total. The molecule has 1 amide bonds. The number of hydrogen-bond donors (Lipinski definition) is 3. The average Bonchev–Trinajstić information content (AvgIpc) is 3.00. The highest BCUT2D eigenvalue weighted by Gasteiger charge is 2.28. The Kier molecular flexibility index (Phi) is 5.85. The quantitative estimate of drug-likeness (QED) is 0.723. The molecule has 1 saturated heterocycles. The van der Waals surface area contributed by atoms with E-state index in [-0.39, 0.29) is 5.56 Å². The zero-order valence-electron chi connectivity index (χ0n) is 14.8. The van der Waals surface area contributed by atoms with Crippen molar-refractivity contribution in [1.29, 1.82) is 0 Å². The van der Waals surface area contributed by atoms with Gasteiger partial charge in [-0.25, -0.2) is 4.79 Å². The van der Waals surface area contributed by atoms with Gasteiger partial charge in [-0.2, -0.15) is 0 Å². The van der Waals surface area contributed by atoms with Gasteiger partial charge in [0.1, 0.15) is 11.3 Å². The molecule has 0 spiro atoms. The Balaban J connectivity index is 1.64. The van der Waals surface area contributed by atoms with Crippen molar-refractivity contribution in [3.05, 3.63) is 69.3 Å². The van der Waals surface area contributed by atoms with Crippen molar-refractivity contribution >= 4 is 5.91 Å². The van der Waals surface area contributed by atoms with E-state index in [0.29, 0.717) is 30.8 Å². The van der Waals surface area contributed by atoms with Crippen LogP contribution in [-0.2, 0) is 12.8 Å². The predicted molar refractivity (Wildman–Crippen MR) is 98.3 cm³/mol. The first kappa shape index (κ1) is 18.4. The molecule has 0 saturated carbocycles. The molecule has 2 aromatic rings. The second-order valence-electron chi connectivity index (χ2n) is 6.70. The van der Waals surface area contributed by atoms with E-state index < -0.39 is 23.7 Å². The number of carbonyl (C=O) groups is 1. The van der Waals surface area contributed by atoms with Crippen molar-refractivity contribution in [1.82, 2.24) is 10.6 Å². The summed E-state index contributed by atoms with van der Waals surface area (Å²) in [6.45, 7) is 2.64. The summed E-state index contributed by atoms with van der Waals surface area (Å²) in [6, 6.07) is 11.5. The van der Waals surface area contributed by atoms with Crippen molar-refractivity contribution in [3.63, 3.8) is 0 Å². The minimum atomic E-state index is -0.649. The molecule has 0 radical (unpaired) electrons. The second kappa shape index (κ2) is 8.29. The molecule has 2 atom stereocenters. The molecular weight excluding hydrogens is 332 g/mol. The Labute approximate surface area is 152 Å². The molecule has 3 N–H and O–H groups in total. The lowest BCUT2D eigenvalue weighted by Gasteiger charge is -2.15. The molecular formula is C20H24N2O4. The number of nitrogens with one attached hydrogen (secondary N) is 2. The Bertz CT molecular complexity index is 816. The van der Waals surface area contributed by atoms with E-state index in [9.17, 15) is 14.7 Å². The van der Waals surface area contributed by atoms with Crippen molar-refractivity contribution in [3.8, 4) is 0 Å². The number of rotatable bonds is 6. The molecule has 2 heterocycles. The highest BCUT2D eigenvalue weighted by atomic mass is 16.4. The Hall–Kier alpha value is -2.44. The molecule has 0 aliphatic carbocycles. The SMILES string of the molecule is Cc1cc(CCCc2ccccc2)oc(=O)c1C(=O)N[C@H]1CNC[C@H]1O. The van der Waals surface area contributed by atoms with Gasteiger partial charge in [-0.05, 0) is 37.0 Å². The van der Waals surface area contributed by atoms with Crippen LogP contribution in [0.25, 0.3) is 0 Å². The van der Waals surface area contributed by atoms with Crippen LogP contribution in [-0.4, -0.2) is 36.2 Å². The number of β-amino-alcohol motifs (C(OH)–C–C–N with tert-alkyl or cyclic N) is 1. The van der Waals surface area contributed by atoms with Gasteiger partial charge in [0.15, 0.2) is 0 Å². The highest BCUT2D eigenvalue weighted by molar-refractivity contribution is 5.95. The van der Waals surface area contributed by atoms with Gasteiger partial charge in [0, 0.05) is 19.5 Å². The summed E-state index contributed by atoms with van der Waals surface area (Å²) < 4.78 is 5.35. The molecule has 1 aromatic heterocycles. The van der Waals surface area contributed by atoms with E-state index in [4.69, 9.17) is 4.42 Å². The van der Waals surface area contributed by atoms with Crippen LogP contribution in [0.1, 0.15) is 33.7 Å². The molecule has 26 heavy (non-hydrogen) atoms. The van der Waals surface area contributed by atoms with Gasteiger partial charge in [0.05, 0.1) is 12.1 Å². The number of hydrogen-bond acceptors (Lipinski definition) is 5. The van der Waals surface area contributed by atoms with Crippen LogP contribution in [0.4, 0.5) is 0 Å². The summed E-state index contributed by atoms with van der Waals surface area (Å²) >= 11 is 0. The van der Waals surface area contributed by atoms with Gasteiger partial charge >= 0.3 is 5.63 Å². The Morgan fingerprint density at radius 1 is 1.27 bits per heavy atom. The Morgan fingerprint density at radius 3 is 2.69 bits per heavy atom. The zero-order chi connectivity index (χ0) is 18.5. The van der Waals surface area contributed by atoms with Crippen LogP contribution in [0, 0.1) is 6.92 Å². The van der Waals surface area contributed by atoms with Crippen molar-refractivity contribution in [2.24, 2.45) is 0 Å². The topological polar surface area (TPSA) is 91.6 Å². The van der Waals surface area contributed by atoms with Gasteiger partial charge in [0.2, 0.25) is 0 Å². The fourth-order valence-electron chi connectivity index (χ4n) is 3.23. The zero-order valence-corrected chi connectivity index (χ0v) is 14.8. The maximum absolute atomic E-state index is 12.4. The standard InChI is InChI=1S/C20H24N2O4/c1-13-10-15(9-5-8-14-6-3-2-4-7-14)26-20(25)18(13)19(24)22-16-11-21-12-17(16)23/h2-4,6-7,10,16-17,21,23H,5,8-9,11-12H2,1H3,(H,22,24)/t16-,17+/m0/s1. The third-order valence-electron chi connectivity index (χ3n) is 4.66. The maximum atomic E-state index is 12.4. The third kappa shape index (κ3) is 4.39. The van der Waals surface area contributed by atoms with Crippen molar-refractivity contribution < 1.29 is 14.3 Å². The molecule has 138 valence electrons. The van der Waals surface area contributed by atoms with Gasteiger partial charge < -0.3 is 20.2 Å². The first-order chi connectivity index (χ1) is 12.5. The first-order valence-corrected chi connectivity index (χ1v) is 8.92. The summed E-state index contributed by atoms with van der Waals surface area (Å²) in [5, 5.41) is 15.5. The van der Waals surface area contributed by atoms with Gasteiger partial charge in [-0.1, -0.05) is 30.3 Å². The summed E-state index contributed by atoms with van der Waals surface area (Å²) in [5.41, 5.74) is 1.22. The van der Waals surface area contributed by atoms with Crippen LogP contribution in [0.15, 0.2) is 45.6 Å². The normalized spacial score (nSPS) is 19.5. The molecule has 1 aliphatic rings. The molecule has 0 bridgehead atoms. The minimum Gasteiger partial charge on any atom is -0.427 e. The summed E-state index contributed by atoms with van der Waals surface area (Å²) in [7, 11) is 0. The van der Waals surface area contributed by atoms with Gasteiger partial charge in [0.25, 0.3) is 5.91 Å². The molecule has 3 rings (SSSR count). The van der Waals surface area contributed by atoms with E-state index in [1.165, 1.54) is 5.56 Å². The number of amides is 1. The summed E-state index contributed by atoms with van der Waals surface area (Å²) in [5.74, 6) is 0.0855. The molecule has 1 aromatic carbocycles. The second-order valence-corrected chi connectivity index (χ2v) is 6.70. The monoisotopic (exact) mass is 356 g/mol. The first-order valence-electron chi connectivity index (χ1n) is 8.92. The van der Waals surface area contributed by atoms with E-state index >= 15 is 0 Å². The van der Waals surface area contributed by atoms with Crippen molar-refractivity contribution in [2.75, 3.05) is 13.1 Å². The lowest BCUT2D eigenvalue weighted by Crippen LogP contribution is -2.44.